The van der Waals surface area contributed by atoms with Gasteiger partial charge < -0.3 is 14.8 Å². The highest BCUT2D eigenvalue weighted by atomic mass is 16.5. The van der Waals surface area contributed by atoms with Crippen molar-refractivity contribution in [2.75, 3.05) is 13.7 Å². The van der Waals surface area contributed by atoms with Gasteiger partial charge in [-0.15, -0.1) is 0 Å². The molecule has 116 valence electrons. The van der Waals surface area contributed by atoms with Gasteiger partial charge in [-0.05, 0) is 50.3 Å². The van der Waals surface area contributed by atoms with E-state index in [1.165, 1.54) is 37.7 Å². The Bertz CT molecular complexity index is 468. The van der Waals surface area contributed by atoms with Crippen molar-refractivity contribution in [3.63, 3.8) is 0 Å². The van der Waals surface area contributed by atoms with Gasteiger partial charge in [0.15, 0.2) is 0 Å². The second-order valence-electron chi connectivity index (χ2n) is 6.59. The molecular weight excluding hydrogens is 262 g/mol. The van der Waals surface area contributed by atoms with Crippen LogP contribution in [0.25, 0.3) is 0 Å². The summed E-state index contributed by atoms with van der Waals surface area (Å²) in [6.45, 7) is 3.15. The van der Waals surface area contributed by atoms with Crippen LogP contribution in [0.15, 0.2) is 24.3 Å². The van der Waals surface area contributed by atoms with Crippen molar-refractivity contribution in [3.8, 4) is 5.75 Å². The molecule has 1 aromatic carbocycles. The van der Waals surface area contributed by atoms with Crippen LogP contribution in [0.2, 0.25) is 0 Å². The summed E-state index contributed by atoms with van der Waals surface area (Å²) >= 11 is 0. The quantitative estimate of drug-likeness (QED) is 0.913. The SMILES string of the molecule is COc1cccc([C@H](C)NC2CCOC3(CCCC3)C2)c1. The van der Waals surface area contributed by atoms with Crippen molar-refractivity contribution in [3.05, 3.63) is 29.8 Å². The van der Waals surface area contributed by atoms with Crippen LogP contribution in [0.4, 0.5) is 0 Å². The van der Waals surface area contributed by atoms with Crippen LogP contribution < -0.4 is 10.1 Å². The minimum Gasteiger partial charge on any atom is -0.497 e. The molecule has 3 heteroatoms. The molecule has 0 bridgehead atoms. The van der Waals surface area contributed by atoms with Crippen molar-refractivity contribution in [2.24, 2.45) is 0 Å². The number of hydrogen-bond donors (Lipinski definition) is 1. The van der Waals surface area contributed by atoms with Gasteiger partial charge >= 0.3 is 0 Å². The number of methoxy groups -OCH3 is 1. The first-order chi connectivity index (χ1) is 10.2. The van der Waals surface area contributed by atoms with Crippen molar-refractivity contribution in [1.82, 2.24) is 5.32 Å². The molecule has 1 spiro atoms. The van der Waals surface area contributed by atoms with Crippen molar-refractivity contribution in [1.29, 1.82) is 0 Å². The van der Waals surface area contributed by atoms with Gasteiger partial charge in [-0.3, -0.25) is 0 Å². The van der Waals surface area contributed by atoms with Crippen LogP contribution >= 0.6 is 0 Å². The maximum atomic E-state index is 6.12. The molecule has 1 N–H and O–H groups in total. The van der Waals surface area contributed by atoms with E-state index >= 15 is 0 Å². The molecule has 1 saturated heterocycles. The van der Waals surface area contributed by atoms with Gasteiger partial charge in [0.2, 0.25) is 0 Å². The fourth-order valence-electron chi connectivity index (χ4n) is 3.90. The third kappa shape index (κ3) is 3.41. The summed E-state index contributed by atoms with van der Waals surface area (Å²) in [7, 11) is 1.72. The molecule has 1 unspecified atom stereocenters. The van der Waals surface area contributed by atoms with Crippen molar-refractivity contribution < 1.29 is 9.47 Å². The summed E-state index contributed by atoms with van der Waals surface area (Å²) in [5.41, 5.74) is 1.48. The van der Waals surface area contributed by atoms with Crippen molar-refractivity contribution in [2.45, 2.75) is 63.1 Å². The topological polar surface area (TPSA) is 30.5 Å². The van der Waals surface area contributed by atoms with E-state index in [4.69, 9.17) is 9.47 Å². The minimum absolute atomic E-state index is 0.185. The van der Waals surface area contributed by atoms with E-state index in [0.29, 0.717) is 12.1 Å². The molecular formula is C18H27NO2. The number of nitrogens with one attached hydrogen (secondary N) is 1. The van der Waals surface area contributed by atoms with Crippen LogP contribution in [-0.2, 0) is 4.74 Å². The summed E-state index contributed by atoms with van der Waals surface area (Å²) in [4.78, 5) is 0. The fraction of sp³-hybridized carbons (Fsp3) is 0.667. The summed E-state index contributed by atoms with van der Waals surface area (Å²) in [6, 6.07) is 9.28. The van der Waals surface area contributed by atoms with Gasteiger partial charge in [0.25, 0.3) is 0 Å². The molecule has 1 aliphatic heterocycles. The Hall–Kier alpha value is -1.06. The number of ether oxygens (including phenoxy) is 2. The normalized spacial score (nSPS) is 25.9. The van der Waals surface area contributed by atoms with E-state index in [1.807, 2.05) is 6.07 Å². The van der Waals surface area contributed by atoms with E-state index in [0.717, 1.165) is 18.8 Å². The number of benzene rings is 1. The van der Waals surface area contributed by atoms with Crippen LogP contribution in [0, 0.1) is 0 Å². The maximum Gasteiger partial charge on any atom is 0.119 e. The Morgan fingerprint density at radius 2 is 2.14 bits per heavy atom. The third-order valence-corrected chi connectivity index (χ3v) is 5.09. The Morgan fingerprint density at radius 1 is 1.33 bits per heavy atom. The zero-order chi connectivity index (χ0) is 14.7. The number of hydrogen-bond acceptors (Lipinski definition) is 3. The van der Waals surface area contributed by atoms with E-state index in [-0.39, 0.29) is 5.60 Å². The molecule has 2 fully saturated rings. The van der Waals surface area contributed by atoms with Crippen LogP contribution in [0.3, 0.4) is 0 Å². The first kappa shape index (κ1) is 14.9. The molecule has 2 aliphatic rings. The largest absolute Gasteiger partial charge is 0.497 e. The van der Waals surface area contributed by atoms with E-state index in [2.05, 4.69) is 30.4 Å². The molecule has 1 aromatic rings. The first-order valence-electron chi connectivity index (χ1n) is 8.25. The molecule has 0 radical (unpaired) electrons. The highest BCUT2D eigenvalue weighted by Crippen LogP contribution is 2.40. The lowest BCUT2D eigenvalue weighted by Gasteiger charge is -2.39. The predicted octanol–water partition coefficient (Wildman–Crippen LogP) is 3.84. The Kier molecular flexibility index (Phi) is 4.51. The smallest absolute Gasteiger partial charge is 0.119 e. The summed E-state index contributed by atoms with van der Waals surface area (Å²) in [5, 5.41) is 3.80. The van der Waals surface area contributed by atoms with E-state index in [9.17, 15) is 0 Å². The predicted molar refractivity (Wildman–Crippen MR) is 84.7 cm³/mol. The average molecular weight is 289 g/mol. The standard InChI is InChI=1S/C18H27NO2/c1-14(15-6-5-7-17(12-15)20-2)19-16-8-11-21-18(13-16)9-3-4-10-18/h5-7,12,14,16,19H,3-4,8-11,13H2,1-2H3/t14-,16?/m0/s1. The Balaban J connectivity index is 1.62. The van der Waals surface area contributed by atoms with Gasteiger partial charge in [-0.25, -0.2) is 0 Å². The molecule has 1 heterocycles. The first-order valence-corrected chi connectivity index (χ1v) is 8.25. The zero-order valence-electron chi connectivity index (χ0n) is 13.2. The lowest BCUT2D eigenvalue weighted by molar-refractivity contribution is -0.0846. The maximum absolute atomic E-state index is 6.12. The van der Waals surface area contributed by atoms with Gasteiger partial charge in [0, 0.05) is 18.7 Å². The second kappa shape index (κ2) is 6.37. The second-order valence-corrected chi connectivity index (χ2v) is 6.59. The molecule has 1 saturated carbocycles. The molecule has 1 aliphatic carbocycles. The zero-order valence-corrected chi connectivity index (χ0v) is 13.2. The summed E-state index contributed by atoms with van der Waals surface area (Å²) in [5.74, 6) is 0.931. The van der Waals surface area contributed by atoms with E-state index in [1.54, 1.807) is 7.11 Å². The van der Waals surface area contributed by atoms with E-state index < -0.39 is 0 Å². The fourth-order valence-corrected chi connectivity index (χ4v) is 3.90. The van der Waals surface area contributed by atoms with Gasteiger partial charge in [-0.2, -0.15) is 0 Å². The molecule has 0 amide bonds. The molecule has 2 atom stereocenters. The van der Waals surface area contributed by atoms with Crippen molar-refractivity contribution >= 4 is 0 Å². The summed E-state index contributed by atoms with van der Waals surface area (Å²) in [6.07, 6.45) is 7.45. The number of rotatable bonds is 4. The van der Waals surface area contributed by atoms with Crippen LogP contribution in [0.5, 0.6) is 5.75 Å². The average Bonchev–Trinajstić information content (AvgIpc) is 2.95. The molecule has 0 aromatic heterocycles. The monoisotopic (exact) mass is 289 g/mol. The summed E-state index contributed by atoms with van der Waals surface area (Å²) < 4.78 is 11.4. The van der Waals surface area contributed by atoms with Crippen LogP contribution in [-0.4, -0.2) is 25.4 Å². The van der Waals surface area contributed by atoms with Crippen LogP contribution in [0.1, 0.15) is 57.1 Å². The highest BCUT2D eigenvalue weighted by Gasteiger charge is 2.40. The molecule has 3 nitrogen and oxygen atoms in total. The Morgan fingerprint density at radius 3 is 2.90 bits per heavy atom. The highest BCUT2D eigenvalue weighted by molar-refractivity contribution is 5.30. The lowest BCUT2D eigenvalue weighted by atomic mass is 9.88. The Labute approximate surface area is 128 Å². The molecule has 21 heavy (non-hydrogen) atoms. The van der Waals surface area contributed by atoms with Gasteiger partial charge in [-0.1, -0.05) is 25.0 Å². The minimum atomic E-state index is 0.185. The van der Waals surface area contributed by atoms with Gasteiger partial charge in [0.05, 0.1) is 12.7 Å². The van der Waals surface area contributed by atoms with Gasteiger partial charge in [0.1, 0.15) is 5.75 Å². The lowest BCUT2D eigenvalue weighted by Crippen LogP contribution is -2.46. The molecule has 3 rings (SSSR count). The third-order valence-electron chi connectivity index (χ3n) is 5.09.